The van der Waals surface area contributed by atoms with Gasteiger partial charge in [0.15, 0.2) is 23.7 Å². The molecule has 0 aliphatic carbocycles. The van der Waals surface area contributed by atoms with E-state index >= 15 is 0 Å². The van der Waals surface area contributed by atoms with Crippen molar-refractivity contribution in [2.24, 2.45) is 0 Å². The second-order valence-corrected chi connectivity index (χ2v) is 6.92. The van der Waals surface area contributed by atoms with E-state index in [2.05, 4.69) is 15.3 Å². The zero-order valence-electron chi connectivity index (χ0n) is 15.2. The van der Waals surface area contributed by atoms with Crippen molar-refractivity contribution in [2.75, 3.05) is 11.4 Å². The Bertz CT molecular complexity index is 945. The largest absolute Gasteiger partial charge is 0.479 e. The van der Waals surface area contributed by atoms with Gasteiger partial charge in [-0.15, -0.1) is 10.2 Å². The Labute approximate surface area is 161 Å². The maximum Gasteiger partial charge on any atom is 0.435 e. The van der Waals surface area contributed by atoms with E-state index in [-0.39, 0.29) is 18.1 Å². The topological polar surface area (TPSA) is 131 Å². The van der Waals surface area contributed by atoms with E-state index in [0.717, 1.165) is 21.8 Å². The molecule has 0 saturated carbocycles. The fraction of sp³-hybridized carbons (Fsp3) is 0.438. The van der Waals surface area contributed by atoms with Crippen LogP contribution < -0.4 is 4.90 Å². The third-order valence-corrected chi connectivity index (χ3v) is 4.08. The van der Waals surface area contributed by atoms with Crippen LogP contribution in [0.2, 0.25) is 0 Å². The molecule has 0 aromatic carbocycles. The van der Waals surface area contributed by atoms with Gasteiger partial charge in [-0.2, -0.15) is 18.3 Å². The van der Waals surface area contributed by atoms with Crippen LogP contribution in [0.3, 0.4) is 0 Å². The van der Waals surface area contributed by atoms with Gasteiger partial charge in [0.25, 0.3) is 5.91 Å². The van der Waals surface area contributed by atoms with Gasteiger partial charge in [-0.05, 0) is 19.9 Å². The molecule has 13 heteroatoms. The Balaban J connectivity index is 1.93. The lowest BCUT2D eigenvalue weighted by molar-refractivity contribution is -0.178. The first-order chi connectivity index (χ1) is 13.4. The molecule has 2 N–H and O–H groups in total. The standard InChI is InChI=1S/C16H16F3N5O5/c1-15(2)7-23(13(26)12(29-15)11(25)14(27)28)10-3-4-24(22-10)8-5-9(16(17,18)19)21-20-6-8/h3-6,11-12,25H,7H2,1-2H3,(H,27,28)/t11-,12?/m1/s1. The number of rotatable bonds is 4. The van der Waals surface area contributed by atoms with Gasteiger partial charge in [0.05, 0.1) is 24.0 Å². The first kappa shape index (κ1) is 20.7. The van der Waals surface area contributed by atoms with Crippen LogP contribution in [0.1, 0.15) is 19.5 Å². The van der Waals surface area contributed by atoms with Gasteiger partial charge < -0.3 is 14.9 Å². The van der Waals surface area contributed by atoms with Crippen LogP contribution >= 0.6 is 0 Å². The van der Waals surface area contributed by atoms with E-state index in [1.165, 1.54) is 12.3 Å². The lowest BCUT2D eigenvalue weighted by atomic mass is 10.0. The van der Waals surface area contributed by atoms with Crippen LogP contribution in [0.5, 0.6) is 0 Å². The molecule has 2 aromatic rings. The molecule has 10 nitrogen and oxygen atoms in total. The quantitative estimate of drug-likeness (QED) is 0.744. The first-order valence-electron chi connectivity index (χ1n) is 8.25. The highest BCUT2D eigenvalue weighted by molar-refractivity contribution is 5.99. The maximum atomic E-state index is 12.8. The zero-order chi connectivity index (χ0) is 21.6. The second kappa shape index (κ2) is 7.08. The van der Waals surface area contributed by atoms with E-state index in [1.807, 2.05) is 0 Å². The van der Waals surface area contributed by atoms with Crippen LogP contribution in [0, 0.1) is 0 Å². The number of hydrogen-bond donors (Lipinski definition) is 2. The number of morpholine rings is 1. The minimum Gasteiger partial charge on any atom is -0.479 e. The van der Waals surface area contributed by atoms with E-state index in [9.17, 15) is 27.9 Å². The molecular weight excluding hydrogens is 399 g/mol. The summed E-state index contributed by atoms with van der Waals surface area (Å²) in [4.78, 5) is 24.8. The summed E-state index contributed by atoms with van der Waals surface area (Å²) in [6.07, 6.45) is -6.08. The molecule has 1 fully saturated rings. The summed E-state index contributed by atoms with van der Waals surface area (Å²) in [6.45, 7) is 3.16. The smallest absolute Gasteiger partial charge is 0.435 e. The number of aliphatic carboxylic acids is 1. The number of anilines is 1. The number of aliphatic hydroxyl groups is 1. The summed E-state index contributed by atoms with van der Waals surface area (Å²) in [6, 6.07) is 2.10. The minimum atomic E-state index is -4.69. The third kappa shape index (κ3) is 4.19. The SMILES string of the molecule is CC1(C)CN(c2ccn(-c3cnnc(C(F)(F)F)c3)n2)C(=O)C([C@@H](O)C(=O)O)O1. The molecule has 2 aromatic heterocycles. The minimum absolute atomic E-state index is 0.0198. The molecule has 1 unspecified atom stereocenters. The van der Waals surface area contributed by atoms with Gasteiger partial charge in [0, 0.05) is 12.3 Å². The summed E-state index contributed by atoms with van der Waals surface area (Å²) < 4.78 is 45.0. The van der Waals surface area contributed by atoms with Gasteiger partial charge >= 0.3 is 12.1 Å². The monoisotopic (exact) mass is 415 g/mol. The summed E-state index contributed by atoms with van der Waals surface area (Å²) >= 11 is 0. The number of amides is 1. The van der Waals surface area contributed by atoms with E-state index in [0.29, 0.717) is 0 Å². The normalized spacial score (nSPS) is 20.6. The number of ether oxygens (including phenoxy) is 1. The number of hydrogen-bond acceptors (Lipinski definition) is 7. The Hall–Kier alpha value is -3.06. The summed E-state index contributed by atoms with van der Waals surface area (Å²) in [5.41, 5.74) is -2.26. The molecule has 0 bridgehead atoms. The van der Waals surface area contributed by atoms with E-state index in [4.69, 9.17) is 9.84 Å². The molecule has 156 valence electrons. The van der Waals surface area contributed by atoms with Crippen LogP contribution in [-0.4, -0.2) is 66.4 Å². The van der Waals surface area contributed by atoms with Crippen molar-refractivity contribution in [2.45, 2.75) is 37.8 Å². The molecule has 29 heavy (non-hydrogen) atoms. The van der Waals surface area contributed by atoms with Crippen LogP contribution in [0.15, 0.2) is 24.5 Å². The molecular formula is C16H16F3N5O5. The first-order valence-corrected chi connectivity index (χ1v) is 8.25. The molecule has 3 rings (SSSR count). The van der Waals surface area contributed by atoms with Crippen molar-refractivity contribution in [3.8, 4) is 5.69 Å². The van der Waals surface area contributed by atoms with Gasteiger partial charge in [-0.1, -0.05) is 0 Å². The number of carbonyl (C=O) groups is 2. The molecule has 0 radical (unpaired) electrons. The predicted octanol–water partition coefficient (Wildman–Crippen LogP) is 0.637. The molecule has 3 heterocycles. The lowest BCUT2D eigenvalue weighted by Crippen LogP contribution is -2.61. The summed E-state index contributed by atoms with van der Waals surface area (Å²) in [5.74, 6) is -2.43. The number of carbonyl (C=O) groups excluding carboxylic acids is 1. The molecule has 1 aliphatic rings. The fourth-order valence-electron chi connectivity index (χ4n) is 2.79. The average Bonchev–Trinajstić information content (AvgIpc) is 3.12. The molecule has 0 spiro atoms. The molecule has 1 amide bonds. The molecule has 1 aliphatic heterocycles. The number of nitrogens with zero attached hydrogens (tertiary/aromatic N) is 5. The van der Waals surface area contributed by atoms with Gasteiger partial charge in [0.1, 0.15) is 0 Å². The average molecular weight is 415 g/mol. The zero-order valence-corrected chi connectivity index (χ0v) is 15.2. The number of halogens is 3. The molecule has 1 saturated heterocycles. The number of aromatic nitrogens is 4. The van der Waals surface area contributed by atoms with Crippen molar-refractivity contribution in [1.29, 1.82) is 0 Å². The van der Waals surface area contributed by atoms with Crippen molar-refractivity contribution < 1.29 is 37.7 Å². The Kier molecular flexibility index (Phi) is 5.04. The highest BCUT2D eigenvalue weighted by Gasteiger charge is 2.46. The van der Waals surface area contributed by atoms with Gasteiger partial charge in [-0.25, -0.2) is 9.48 Å². The Morgan fingerprint density at radius 1 is 1.41 bits per heavy atom. The Morgan fingerprint density at radius 2 is 2.10 bits per heavy atom. The fourth-order valence-corrected chi connectivity index (χ4v) is 2.79. The van der Waals surface area contributed by atoms with Crippen molar-refractivity contribution >= 4 is 17.7 Å². The Morgan fingerprint density at radius 3 is 2.72 bits per heavy atom. The van der Waals surface area contributed by atoms with Gasteiger partial charge in [-0.3, -0.25) is 9.69 Å². The predicted molar refractivity (Wildman–Crippen MR) is 89.1 cm³/mol. The van der Waals surface area contributed by atoms with Crippen LogP contribution in [0.25, 0.3) is 5.69 Å². The number of carboxylic acid groups (broad SMARTS) is 1. The van der Waals surface area contributed by atoms with Crippen molar-refractivity contribution in [3.05, 3.63) is 30.2 Å². The van der Waals surface area contributed by atoms with Crippen LogP contribution in [-0.2, 0) is 20.5 Å². The number of carboxylic acids is 1. The van der Waals surface area contributed by atoms with Crippen molar-refractivity contribution in [1.82, 2.24) is 20.0 Å². The highest BCUT2D eigenvalue weighted by Crippen LogP contribution is 2.30. The number of aliphatic hydroxyl groups excluding tert-OH is 1. The second-order valence-electron chi connectivity index (χ2n) is 6.92. The van der Waals surface area contributed by atoms with E-state index < -0.39 is 41.6 Å². The summed E-state index contributed by atoms with van der Waals surface area (Å²) in [7, 11) is 0. The molecule has 2 atom stereocenters. The van der Waals surface area contributed by atoms with Gasteiger partial charge in [0.2, 0.25) is 0 Å². The summed E-state index contributed by atoms with van der Waals surface area (Å²) in [5, 5.41) is 29.2. The van der Waals surface area contributed by atoms with Crippen LogP contribution in [0.4, 0.5) is 19.0 Å². The third-order valence-electron chi connectivity index (χ3n) is 4.08. The van der Waals surface area contributed by atoms with Crippen molar-refractivity contribution in [3.63, 3.8) is 0 Å². The lowest BCUT2D eigenvalue weighted by Gasteiger charge is -2.41. The van der Waals surface area contributed by atoms with E-state index in [1.54, 1.807) is 13.8 Å². The maximum absolute atomic E-state index is 12.8. The number of alkyl halides is 3. The highest BCUT2D eigenvalue weighted by atomic mass is 19.4.